The Labute approximate surface area is 123 Å². The summed E-state index contributed by atoms with van der Waals surface area (Å²) in [6, 6.07) is 9.75. The molecule has 1 unspecified atom stereocenters. The smallest absolute Gasteiger partial charge is 0.0640 e. The van der Waals surface area contributed by atoms with E-state index in [1.807, 2.05) is 30.3 Å². The van der Waals surface area contributed by atoms with Crippen LogP contribution in [0.15, 0.2) is 42.7 Å². The van der Waals surface area contributed by atoms with Gasteiger partial charge in [0.05, 0.1) is 11.1 Å². The summed E-state index contributed by atoms with van der Waals surface area (Å²) in [5, 5.41) is 4.88. The van der Waals surface area contributed by atoms with Crippen LogP contribution in [-0.2, 0) is 0 Å². The molecule has 1 heterocycles. The number of nitrogens with zero attached hydrogens (tertiary/aromatic N) is 1. The molecule has 0 fully saturated rings. The van der Waals surface area contributed by atoms with Crippen LogP contribution in [-0.4, -0.2) is 11.5 Å². The summed E-state index contributed by atoms with van der Waals surface area (Å²) in [5.74, 6) is 0. The van der Waals surface area contributed by atoms with Gasteiger partial charge in [0.25, 0.3) is 0 Å². The Hall–Kier alpha value is -1.09. The van der Waals surface area contributed by atoms with Crippen LogP contribution in [0.3, 0.4) is 0 Å². The second-order valence-corrected chi connectivity index (χ2v) is 5.12. The van der Waals surface area contributed by atoms with Crippen LogP contribution in [0.25, 0.3) is 0 Å². The molecule has 1 atom stereocenters. The topological polar surface area (TPSA) is 24.9 Å². The van der Waals surface area contributed by atoms with E-state index in [9.17, 15) is 0 Å². The summed E-state index contributed by atoms with van der Waals surface area (Å²) in [6.07, 6.45) is 4.46. The summed E-state index contributed by atoms with van der Waals surface area (Å²) < 4.78 is 0. The Kier molecular flexibility index (Phi) is 5.20. The second kappa shape index (κ2) is 6.90. The first kappa shape index (κ1) is 14.3. The van der Waals surface area contributed by atoms with Crippen molar-refractivity contribution in [3.8, 4) is 0 Å². The predicted molar refractivity (Wildman–Crippen MR) is 80.8 cm³/mol. The largest absolute Gasteiger partial charge is 0.306 e. The van der Waals surface area contributed by atoms with Gasteiger partial charge in [-0.25, -0.2) is 0 Å². The zero-order valence-corrected chi connectivity index (χ0v) is 12.2. The average molecular weight is 295 g/mol. The van der Waals surface area contributed by atoms with Gasteiger partial charge in [0.2, 0.25) is 0 Å². The third-order valence-electron chi connectivity index (χ3n) is 2.93. The molecule has 1 aromatic carbocycles. The number of pyridine rings is 1. The predicted octanol–water partition coefficient (Wildman–Crippen LogP) is 4.48. The van der Waals surface area contributed by atoms with E-state index in [0.29, 0.717) is 5.02 Å². The molecular weight excluding hydrogens is 279 g/mol. The van der Waals surface area contributed by atoms with E-state index in [4.69, 9.17) is 23.2 Å². The molecule has 0 saturated carbocycles. The van der Waals surface area contributed by atoms with E-state index in [2.05, 4.69) is 17.2 Å². The molecule has 100 valence electrons. The van der Waals surface area contributed by atoms with Crippen molar-refractivity contribution in [3.05, 3.63) is 63.9 Å². The molecule has 0 bridgehead atoms. The number of halogens is 2. The van der Waals surface area contributed by atoms with Gasteiger partial charge in [-0.1, -0.05) is 48.3 Å². The minimum absolute atomic E-state index is 0.0100. The van der Waals surface area contributed by atoms with Crippen molar-refractivity contribution in [2.75, 3.05) is 6.54 Å². The van der Waals surface area contributed by atoms with Crippen LogP contribution < -0.4 is 5.32 Å². The van der Waals surface area contributed by atoms with Gasteiger partial charge in [-0.3, -0.25) is 4.98 Å². The summed E-state index contributed by atoms with van der Waals surface area (Å²) in [4.78, 5) is 4.03. The zero-order valence-electron chi connectivity index (χ0n) is 10.7. The lowest BCUT2D eigenvalue weighted by Gasteiger charge is -2.21. The first-order valence-electron chi connectivity index (χ1n) is 6.31. The minimum atomic E-state index is -0.0100. The third-order valence-corrected chi connectivity index (χ3v) is 3.59. The maximum absolute atomic E-state index is 6.30. The third kappa shape index (κ3) is 3.47. The van der Waals surface area contributed by atoms with Crippen LogP contribution in [0.2, 0.25) is 10.0 Å². The van der Waals surface area contributed by atoms with Crippen molar-refractivity contribution < 1.29 is 0 Å². The van der Waals surface area contributed by atoms with Gasteiger partial charge in [0, 0.05) is 17.4 Å². The Bertz CT molecular complexity index is 498. The van der Waals surface area contributed by atoms with Gasteiger partial charge in [-0.2, -0.15) is 0 Å². The molecule has 0 radical (unpaired) electrons. The number of aromatic nitrogens is 1. The van der Waals surface area contributed by atoms with E-state index in [1.165, 1.54) is 0 Å². The van der Waals surface area contributed by atoms with Gasteiger partial charge < -0.3 is 5.32 Å². The van der Waals surface area contributed by atoms with Gasteiger partial charge in [0.1, 0.15) is 0 Å². The molecule has 0 aliphatic heterocycles. The highest BCUT2D eigenvalue weighted by molar-refractivity contribution is 6.32. The molecule has 0 aliphatic carbocycles. The molecule has 1 N–H and O–H groups in total. The number of rotatable bonds is 5. The monoisotopic (exact) mass is 294 g/mol. The van der Waals surface area contributed by atoms with Crippen LogP contribution in [0, 0.1) is 0 Å². The molecule has 1 aromatic heterocycles. The highest BCUT2D eigenvalue weighted by Gasteiger charge is 2.18. The number of benzene rings is 1. The molecule has 0 saturated heterocycles. The molecular formula is C15H16Cl2N2. The van der Waals surface area contributed by atoms with Crippen molar-refractivity contribution in [3.63, 3.8) is 0 Å². The SMILES string of the molecule is CCCNC(c1ccccc1Cl)c1ccncc1Cl. The van der Waals surface area contributed by atoms with Crippen LogP contribution in [0.1, 0.15) is 30.5 Å². The maximum atomic E-state index is 6.30. The van der Waals surface area contributed by atoms with Crippen molar-refractivity contribution in [1.29, 1.82) is 0 Å². The highest BCUT2D eigenvalue weighted by Crippen LogP contribution is 2.31. The molecule has 0 amide bonds. The molecule has 2 aromatic rings. The summed E-state index contributed by atoms with van der Waals surface area (Å²) in [5.41, 5.74) is 2.03. The molecule has 0 aliphatic rings. The van der Waals surface area contributed by atoms with Gasteiger partial charge in [0.15, 0.2) is 0 Å². The molecule has 4 heteroatoms. The Morgan fingerprint density at radius 3 is 2.53 bits per heavy atom. The fraction of sp³-hybridized carbons (Fsp3) is 0.267. The summed E-state index contributed by atoms with van der Waals surface area (Å²) in [7, 11) is 0. The van der Waals surface area contributed by atoms with E-state index in [-0.39, 0.29) is 6.04 Å². The summed E-state index contributed by atoms with van der Waals surface area (Å²) in [6.45, 7) is 3.03. The quantitative estimate of drug-likeness (QED) is 0.880. The van der Waals surface area contributed by atoms with Gasteiger partial charge in [-0.05, 0) is 36.2 Å². The number of hydrogen-bond acceptors (Lipinski definition) is 2. The fourth-order valence-corrected chi connectivity index (χ4v) is 2.48. The van der Waals surface area contributed by atoms with Crippen LogP contribution >= 0.6 is 23.2 Å². The average Bonchev–Trinajstić information content (AvgIpc) is 2.42. The molecule has 2 nitrogen and oxygen atoms in total. The Morgan fingerprint density at radius 1 is 1.11 bits per heavy atom. The standard InChI is InChI=1S/C15H16Cl2N2/c1-2-8-19-15(11-5-3-4-6-13(11)16)12-7-9-18-10-14(12)17/h3-7,9-10,15,19H,2,8H2,1H3. The molecule has 0 spiro atoms. The number of nitrogens with one attached hydrogen (secondary N) is 1. The summed E-state index contributed by atoms with van der Waals surface area (Å²) >= 11 is 12.6. The van der Waals surface area contributed by atoms with Crippen LogP contribution in [0.5, 0.6) is 0 Å². The Morgan fingerprint density at radius 2 is 1.84 bits per heavy atom. The molecule has 19 heavy (non-hydrogen) atoms. The van der Waals surface area contributed by atoms with E-state index in [1.54, 1.807) is 12.4 Å². The van der Waals surface area contributed by atoms with Crippen molar-refractivity contribution in [1.82, 2.24) is 10.3 Å². The second-order valence-electron chi connectivity index (χ2n) is 4.31. The van der Waals surface area contributed by atoms with E-state index >= 15 is 0 Å². The fourth-order valence-electron chi connectivity index (χ4n) is 2.01. The maximum Gasteiger partial charge on any atom is 0.0640 e. The first-order valence-corrected chi connectivity index (χ1v) is 7.07. The van der Waals surface area contributed by atoms with Gasteiger partial charge >= 0.3 is 0 Å². The van der Waals surface area contributed by atoms with Gasteiger partial charge in [-0.15, -0.1) is 0 Å². The lowest BCUT2D eigenvalue weighted by molar-refractivity contribution is 0.598. The number of hydrogen-bond donors (Lipinski definition) is 1. The van der Waals surface area contributed by atoms with E-state index < -0.39 is 0 Å². The lowest BCUT2D eigenvalue weighted by atomic mass is 9.99. The first-order chi connectivity index (χ1) is 9.24. The van der Waals surface area contributed by atoms with E-state index in [0.717, 1.165) is 29.1 Å². The zero-order chi connectivity index (χ0) is 13.7. The Balaban J connectivity index is 2.42. The highest BCUT2D eigenvalue weighted by atomic mass is 35.5. The van der Waals surface area contributed by atoms with Crippen molar-refractivity contribution >= 4 is 23.2 Å². The van der Waals surface area contributed by atoms with Crippen molar-refractivity contribution in [2.24, 2.45) is 0 Å². The lowest BCUT2D eigenvalue weighted by Crippen LogP contribution is -2.23. The normalized spacial score (nSPS) is 12.4. The molecule has 2 rings (SSSR count). The minimum Gasteiger partial charge on any atom is -0.306 e. The van der Waals surface area contributed by atoms with Crippen molar-refractivity contribution in [2.45, 2.75) is 19.4 Å². The van der Waals surface area contributed by atoms with Crippen LogP contribution in [0.4, 0.5) is 0 Å².